The Balaban J connectivity index is 2.29. The lowest BCUT2D eigenvalue weighted by atomic mass is 10.2. The molecule has 0 radical (unpaired) electrons. The van der Waals surface area contributed by atoms with E-state index in [1.54, 1.807) is 6.07 Å². The molecule has 0 saturated carbocycles. The first-order valence-electron chi connectivity index (χ1n) is 5.07. The standard InChI is InChI=1S/C12H9FN2O3/c1-7-8(11(16)17)6-14-12(15-7)18-10-5-3-2-4-9(10)13/h2-6H,1H3,(H,16,17). The molecule has 0 aliphatic rings. The third-order valence-corrected chi connectivity index (χ3v) is 2.23. The summed E-state index contributed by atoms with van der Waals surface area (Å²) in [6, 6.07) is 5.72. The highest BCUT2D eigenvalue weighted by atomic mass is 19.1. The summed E-state index contributed by atoms with van der Waals surface area (Å²) in [5, 5.41) is 8.81. The van der Waals surface area contributed by atoms with Crippen molar-refractivity contribution in [3.63, 3.8) is 0 Å². The van der Waals surface area contributed by atoms with Gasteiger partial charge in [-0.05, 0) is 19.1 Å². The molecule has 92 valence electrons. The number of benzene rings is 1. The van der Waals surface area contributed by atoms with Crippen LogP contribution in [-0.2, 0) is 0 Å². The Bertz CT molecular complexity index is 602. The van der Waals surface area contributed by atoms with Crippen molar-refractivity contribution in [2.75, 3.05) is 0 Å². The van der Waals surface area contributed by atoms with E-state index in [0.29, 0.717) is 0 Å². The molecule has 0 atom stereocenters. The molecule has 1 aromatic carbocycles. The van der Waals surface area contributed by atoms with Gasteiger partial charge < -0.3 is 9.84 Å². The molecule has 0 aliphatic carbocycles. The lowest BCUT2D eigenvalue weighted by Crippen LogP contribution is -2.04. The molecule has 2 aromatic rings. The molecular weight excluding hydrogens is 239 g/mol. The first-order chi connectivity index (χ1) is 8.58. The minimum absolute atomic E-state index is 0.0139. The maximum atomic E-state index is 13.3. The van der Waals surface area contributed by atoms with E-state index in [2.05, 4.69) is 9.97 Å². The number of hydrogen-bond acceptors (Lipinski definition) is 4. The van der Waals surface area contributed by atoms with Gasteiger partial charge in [0.15, 0.2) is 11.6 Å². The van der Waals surface area contributed by atoms with Crippen molar-refractivity contribution in [3.8, 4) is 11.8 Å². The SMILES string of the molecule is Cc1nc(Oc2ccccc2F)ncc1C(=O)O. The van der Waals surface area contributed by atoms with Crippen LogP contribution in [-0.4, -0.2) is 21.0 Å². The van der Waals surface area contributed by atoms with Crippen molar-refractivity contribution in [2.45, 2.75) is 6.92 Å². The summed E-state index contributed by atoms with van der Waals surface area (Å²) in [5.74, 6) is -1.68. The van der Waals surface area contributed by atoms with Gasteiger partial charge in [-0.3, -0.25) is 0 Å². The second-order valence-corrected chi connectivity index (χ2v) is 3.49. The number of ether oxygens (including phenoxy) is 1. The molecule has 0 bridgehead atoms. The zero-order chi connectivity index (χ0) is 13.1. The summed E-state index contributed by atoms with van der Waals surface area (Å²) in [4.78, 5) is 18.3. The van der Waals surface area contributed by atoms with Gasteiger partial charge in [0, 0.05) is 6.20 Å². The van der Waals surface area contributed by atoms with Crippen LogP contribution in [0.3, 0.4) is 0 Å². The van der Waals surface area contributed by atoms with Gasteiger partial charge in [-0.1, -0.05) is 12.1 Å². The highest BCUT2D eigenvalue weighted by Crippen LogP contribution is 2.21. The number of carboxylic acids is 1. The van der Waals surface area contributed by atoms with E-state index in [9.17, 15) is 9.18 Å². The zero-order valence-corrected chi connectivity index (χ0v) is 9.42. The molecule has 0 saturated heterocycles. The largest absolute Gasteiger partial charge is 0.478 e. The predicted octanol–water partition coefficient (Wildman–Crippen LogP) is 2.41. The number of hydrogen-bond donors (Lipinski definition) is 1. The summed E-state index contributed by atoms with van der Waals surface area (Å²) in [5.41, 5.74) is 0.236. The van der Waals surface area contributed by atoms with Crippen molar-refractivity contribution >= 4 is 5.97 Å². The third kappa shape index (κ3) is 2.42. The third-order valence-electron chi connectivity index (χ3n) is 2.23. The number of para-hydroxylation sites is 1. The van der Waals surface area contributed by atoms with E-state index in [4.69, 9.17) is 9.84 Å². The summed E-state index contributed by atoms with van der Waals surface area (Å²) in [6.45, 7) is 1.51. The topological polar surface area (TPSA) is 72.3 Å². The molecule has 0 fully saturated rings. The number of aryl methyl sites for hydroxylation is 1. The molecule has 1 heterocycles. The van der Waals surface area contributed by atoms with E-state index >= 15 is 0 Å². The first kappa shape index (κ1) is 12.0. The normalized spacial score (nSPS) is 10.1. The van der Waals surface area contributed by atoms with Crippen LogP contribution in [0.25, 0.3) is 0 Å². The van der Waals surface area contributed by atoms with Crippen LogP contribution in [0, 0.1) is 12.7 Å². The smallest absolute Gasteiger partial charge is 0.339 e. The van der Waals surface area contributed by atoms with Crippen molar-refractivity contribution in [3.05, 3.63) is 47.5 Å². The Labute approximate surface area is 102 Å². The Morgan fingerprint density at radius 3 is 2.72 bits per heavy atom. The van der Waals surface area contributed by atoms with Crippen LogP contribution < -0.4 is 4.74 Å². The molecule has 0 aliphatic heterocycles. The highest BCUT2D eigenvalue weighted by molar-refractivity contribution is 5.88. The average Bonchev–Trinajstić information content (AvgIpc) is 2.32. The highest BCUT2D eigenvalue weighted by Gasteiger charge is 2.12. The molecular formula is C12H9FN2O3. The number of aromatic nitrogens is 2. The van der Waals surface area contributed by atoms with E-state index in [0.717, 1.165) is 6.20 Å². The fraction of sp³-hybridized carbons (Fsp3) is 0.0833. The van der Waals surface area contributed by atoms with Crippen molar-refractivity contribution < 1.29 is 19.0 Å². The Morgan fingerprint density at radius 2 is 2.11 bits per heavy atom. The Hall–Kier alpha value is -2.50. The molecule has 1 N–H and O–H groups in total. The summed E-state index contributed by atoms with van der Waals surface area (Å²) < 4.78 is 18.4. The number of carboxylic acid groups (broad SMARTS) is 1. The summed E-state index contributed by atoms with van der Waals surface area (Å²) in [6.07, 6.45) is 1.13. The van der Waals surface area contributed by atoms with Gasteiger partial charge in [-0.15, -0.1) is 0 Å². The number of carbonyl (C=O) groups is 1. The zero-order valence-electron chi connectivity index (χ0n) is 9.42. The lowest BCUT2D eigenvalue weighted by molar-refractivity contribution is 0.0695. The van der Waals surface area contributed by atoms with E-state index in [1.165, 1.54) is 25.1 Å². The molecule has 0 spiro atoms. The van der Waals surface area contributed by atoms with Crippen LogP contribution in [0.4, 0.5) is 4.39 Å². The van der Waals surface area contributed by atoms with Gasteiger partial charge in [-0.2, -0.15) is 4.98 Å². The minimum atomic E-state index is -1.12. The Kier molecular flexibility index (Phi) is 3.18. The van der Waals surface area contributed by atoms with Crippen molar-refractivity contribution in [1.29, 1.82) is 0 Å². The molecule has 18 heavy (non-hydrogen) atoms. The number of aromatic carboxylic acids is 1. The Morgan fingerprint density at radius 1 is 1.39 bits per heavy atom. The number of rotatable bonds is 3. The van der Waals surface area contributed by atoms with Gasteiger partial charge in [0.2, 0.25) is 0 Å². The lowest BCUT2D eigenvalue weighted by Gasteiger charge is -2.06. The van der Waals surface area contributed by atoms with Crippen molar-refractivity contribution in [2.24, 2.45) is 0 Å². The van der Waals surface area contributed by atoms with E-state index in [-0.39, 0.29) is 23.0 Å². The van der Waals surface area contributed by atoms with Gasteiger partial charge in [0.05, 0.1) is 11.3 Å². The van der Waals surface area contributed by atoms with E-state index in [1.807, 2.05) is 0 Å². The average molecular weight is 248 g/mol. The van der Waals surface area contributed by atoms with Gasteiger partial charge in [0.25, 0.3) is 0 Å². The number of nitrogens with zero attached hydrogens (tertiary/aromatic N) is 2. The first-order valence-corrected chi connectivity index (χ1v) is 5.07. The molecule has 6 heteroatoms. The molecule has 0 unspecified atom stereocenters. The van der Waals surface area contributed by atoms with Crippen LogP contribution in [0.1, 0.15) is 16.1 Å². The quantitative estimate of drug-likeness (QED) is 0.902. The summed E-state index contributed by atoms with van der Waals surface area (Å²) in [7, 11) is 0. The van der Waals surface area contributed by atoms with E-state index < -0.39 is 11.8 Å². The minimum Gasteiger partial charge on any atom is -0.478 e. The second kappa shape index (κ2) is 4.79. The van der Waals surface area contributed by atoms with Crippen LogP contribution in [0.15, 0.2) is 30.5 Å². The van der Waals surface area contributed by atoms with Crippen molar-refractivity contribution in [1.82, 2.24) is 9.97 Å². The second-order valence-electron chi connectivity index (χ2n) is 3.49. The molecule has 2 rings (SSSR count). The van der Waals surface area contributed by atoms with Crippen LogP contribution >= 0.6 is 0 Å². The molecule has 0 amide bonds. The van der Waals surface area contributed by atoms with Crippen LogP contribution in [0.2, 0.25) is 0 Å². The number of halogens is 1. The molecule has 1 aromatic heterocycles. The monoisotopic (exact) mass is 248 g/mol. The fourth-order valence-corrected chi connectivity index (χ4v) is 1.33. The maximum absolute atomic E-state index is 13.3. The van der Waals surface area contributed by atoms with Gasteiger partial charge >= 0.3 is 12.0 Å². The predicted molar refractivity (Wildman–Crippen MR) is 60.2 cm³/mol. The van der Waals surface area contributed by atoms with Gasteiger partial charge in [-0.25, -0.2) is 14.2 Å². The summed E-state index contributed by atoms with van der Waals surface area (Å²) >= 11 is 0. The fourth-order valence-electron chi connectivity index (χ4n) is 1.33. The van der Waals surface area contributed by atoms with Gasteiger partial charge in [0.1, 0.15) is 0 Å². The van der Waals surface area contributed by atoms with Crippen LogP contribution in [0.5, 0.6) is 11.8 Å². The maximum Gasteiger partial charge on any atom is 0.339 e. The molecule has 5 nitrogen and oxygen atoms in total.